The van der Waals surface area contributed by atoms with Gasteiger partial charge in [-0.15, -0.1) is 0 Å². The van der Waals surface area contributed by atoms with E-state index in [1.54, 1.807) is 19.1 Å². The van der Waals surface area contributed by atoms with Crippen LogP contribution < -0.4 is 0 Å². The number of rotatable bonds is 3. The summed E-state index contributed by atoms with van der Waals surface area (Å²) in [6.45, 7) is 5.88. The minimum absolute atomic E-state index is 0.170. The van der Waals surface area contributed by atoms with E-state index in [2.05, 4.69) is 13.8 Å². The van der Waals surface area contributed by atoms with Gasteiger partial charge in [-0.2, -0.15) is 0 Å². The molecule has 0 aliphatic carbocycles. The van der Waals surface area contributed by atoms with E-state index in [0.717, 1.165) is 5.56 Å². The van der Waals surface area contributed by atoms with Gasteiger partial charge in [0.25, 0.3) is 0 Å². The molecule has 0 radical (unpaired) electrons. The summed E-state index contributed by atoms with van der Waals surface area (Å²) in [6.07, 6.45) is 0.308. The summed E-state index contributed by atoms with van der Waals surface area (Å²) in [7, 11) is 0. The van der Waals surface area contributed by atoms with E-state index in [1.807, 2.05) is 6.07 Å². The first-order valence-electron chi connectivity index (χ1n) is 4.96. The molecule has 1 N–H and O–H groups in total. The van der Waals surface area contributed by atoms with Gasteiger partial charge in [0.15, 0.2) is 0 Å². The Morgan fingerprint density at radius 1 is 1.33 bits per heavy atom. The molecule has 1 aromatic rings. The van der Waals surface area contributed by atoms with Gasteiger partial charge in [-0.3, -0.25) is 0 Å². The van der Waals surface area contributed by atoms with Crippen LogP contribution in [0.1, 0.15) is 32.8 Å². The summed E-state index contributed by atoms with van der Waals surface area (Å²) in [4.78, 5) is 0. The van der Waals surface area contributed by atoms with Gasteiger partial charge in [-0.05, 0) is 42.5 Å². The molecule has 1 nitrogen and oxygen atoms in total. The Morgan fingerprint density at radius 3 is 2.47 bits per heavy atom. The molecular weight excluding hydrogens is 231 g/mol. The monoisotopic (exact) mass is 246 g/mol. The maximum atomic E-state index is 9.43. The number of aliphatic hydroxyl groups excluding tert-OH is 1. The number of benzene rings is 1. The van der Waals surface area contributed by atoms with Crippen LogP contribution >= 0.6 is 23.2 Å². The van der Waals surface area contributed by atoms with Crippen molar-refractivity contribution in [1.82, 2.24) is 0 Å². The lowest BCUT2D eigenvalue weighted by atomic mass is 9.80. The predicted octanol–water partition coefficient (Wildman–Crippen LogP) is 4.04. The van der Waals surface area contributed by atoms with Crippen LogP contribution in [-0.4, -0.2) is 11.2 Å². The summed E-state index contributed by atoms with van der Waals surface area (Å²) in [5.41, 5.74) is 0.813. The van der Waals surface area contributed by atoms with Crippen LogP contribution in [0.4, 0.5) is 0 Å². The van der Waals surface area contributed by atoms with Crippen molar-refractivity contribution < 1.29 is 5.11 Å². The molecule has 1 aromatic carbocycles. The van der Waals surface area contributed by atoms with E-state index in [9.17, 15) is 5.11 Å². The van der Waals surface area contributed by atoms with Gasteiger partial charge in [0.1, 0.15) is 0 Å². The summed E-state index contributed by atoms with van der Waals surface area (Å²) < 4.78 is 0. The first-order valence-corrected chi connectivity index (χ1v) is 5.72. The molecule has 1 rings (SSSR count). The van der Waals surface area contributed by atoms with Crippen molar-refractivity contribution in [3.8, 4) is 0 Å². The quantitative estimate of drug-likeness (QED) is 0.854. The van der Waals surface area contributed by atoms with Gasteiger partial charge in [0, 0.05) is 10.0 Å². The van der Waals surface area contributed by atoms with E-state index in [-0.39, 0.29) is 11.5 Å². The lowest BCUT2D eigenvalue weighted by Crippen LogP contribution is -2.23. The highest BCUT2D eigenvalue weighted by Gasteiger charge is 2.25. The summed E-state index contributed by atoms with van der Waals surface area (Å²) in [5, 5.41) is 10.8. The Morgan fingerprint density at radius 2 is 1.93 bits per heavy atom. The Kier molecular flexibility index (Phi) is 4.05. The Balaban J connectivity index is 3.08. The smallest absolute Gasteiger partial charge is 0.0520 e. The zero-order chi connectivity index (χ0) is 11.6. The minimum atomic E-state index is -0.352. The zero-order valence-corrected chi connectivity index (χ0v) is 10.7. The Hall–Kier alpha value is -0.240. The van der Waals surface area contributed by atoms with Gasteiger partial charge < -0.3 is 5.11 Å². The van der Waals surface area contributed by atoms with Crippen LogP contribution in [0, 0.1) is 0 Å². The fourth-order valence-corrected chi connectivity index (χ4v) is 2.41. The molecule has 0 fully saturated rings. The number of aliphatic hydroxyl groups is 1. The first-order chi connectivity index (χ1) is 6.83. The second-order valence-electron chi connectivity index (χ2n) is 4.56. The van der Waals surface area contributed by atoms with E-state index >= 15 is 0 Å². The fraction of sp³-hybridized carbons (Fsp3) is 0.500. The fourth-order valence-electron chi connectivity index (χ4n) is 1.86. The van der Waals surface area contributed by atoms with Crippen molar-refractivity contribution in [2.24, 2.45) is 0 Å². The average molecular weight is 247 g/mol. The normalized spacial score (nSPS) is 14.0. The van der Waals surface area contributed by atoms with Gasteiger partial charge >= 0.3 is 0 Å². The molecule has 0 heterocycles. The SMILES string of the molecule is CC(O)CC(C)(C)c1cc(Cl)ccc1Cl. The van der Waals surface area contributed by atoms with Crippen LogP contribution in [-0.2, 0) is 5.41 Å². The summed E-state index contributed by atoms with van der Waals surface area (Å²) >= 11 is 12.1. The Labute approximate surface area is 101 Å². The molecule has 0 spiro atoms. The Bertz CT molecular complexity index is 345. The number of hydrogen-bond acceptors (Lipinski definition) is 1. The van der Waals surface area contributed by atoms with Crippen LogP contribution in [0.5, 0.6) is 0 Å². The van der Waals surface area contributed by atoms with E-state index in [0.29, 0.717) is 16.5 Å². The van der Waals surface area contributed by atoms with Gasteiger partial charge in [0.05, 0.1) is 6.10 Å². The maximum Gasteiger partial charge on any atom is 0.0520 e. The largest absolute Gasteiger partial charge is 0.393 e. The van der Waals surface area contributed by atoms with Crippen molar-refractivity contribution in [3.05, 3.63) is 33.8 Å². The van der Waals surface area contributed by atoms with Crippen LogP contribution in [0.3, 0.4) is 0 Å². The molecular formula is C12H16Cl2O. The third-order valence-electron chi connectivity index (χ3n) is 2.46. The van der Waals surface area contributed by atoms with Crippen molar-refractivity contribution in [2.75, 3.05) is 0 Å². The molecule has 15 heavy (non-hydrogen) atoms. The van der Waals surface area contributed by atoms with Crippen LogP contribution in [0.25, 0.3) is 0 Å². The zero-order valence-electron chi connectivity index (χ0n) is 9.22. The summed E-state index contributed by atoms with van der Waals surface area (Å²) in [5.74, 6) is 0. The molecule has 3 heteroatoms. The van der Waals surface area contributed by atoms with Gasteiger partial charge in [0.2, 0.25) is 0 Å². The van der Waals surface area contributed by atoms with Gasteiger partial charge in [-0.25, -0.2) is 0 Å². The highest BCUT2D eigenvalue weighted by molar-refractivity contribution is 6.33. The molecule has 0 saturated heterocycles. The minimum Gasteiger partial charge on any atom is -0.393 e. The number of hydrogen-bond donors (Lipinski definition) is 1. The van der Waals surface area contributed by atoms with Crippen molar-refractivity contribution in [3.63, 3.8) is 0 Å². The maximum absolute atomic E-state index is 9.43. The molecule has 84 valence electrons. The lowest BCUT2D eigenvalue weighted by Gasteiger charge is -2.27. The third-order valence-corrected chi connectivity index (χ3v) is 3.03. The predicted molar refractivity (Wildman–Crippen MR) is 65.8 cm³/mol. The first kappa shape index (κ1) is 12.8. The van der Waals surface area contributed by atoms with Crippen LogP contribution in [0.2, 0.25) is 10.0 Å². The van der Waals surface area contributed by atoms with Crippen LogP contribution in [0.15, 0.2) is 18.2 Å². The van der Waals surface area contributed by atoms with E-state index < -0.39 is 0 Å². The molecule has 0 amide bonds. The highest BCUT2D eigenvalue weighted by Crippen LogP contribution is 2.35. The van der Waals surface area contributed by atoms with E-state index in [1.165, 1.54) is 0 Å². The molecule has 1 atom stereocenters. The lowest BCUT2D eigenvalue weighted by molar-refractivity contribution is 0.157. The molecule has 0 aromatic heterocycles. The van der Waals surface area contributed by atoms with Gasteiger partial charge in [-0.1, -0.05) is 37.0 Å². The van der Waals surface area contributed by atoms with Crippen molar-refractivity contribution in [2.45, 2.75) is 38.7 Å². The molecule has 0 aliphatic rings. The van der Waals surface area contributed by atoms with Crippen molar-refractivity contribution in [1.29, 1.82) is 0 Å². The molecule has 0 aliphatic heterocycles. The summed E-state index contributed by atoms with van der Waals surface area (Å²) in [6, 6.07) is 5.43. The molecule has 0 saturated carbocycles. The van der Waals surface area contributed by atoms with E-state index in [4.69, 9.17) is 23.2 Å². The second-order valence-corrected chi connectivity index (χ2v) is 5.40. The molecule has 0 bridgehead atoms. The second kappa shape index (κ2) is 4.73. The average Bonchev–Trinajstić information content (AvgIpc) is 2.06. The molecule has 1 unspecified atom stereocenters. The highest BCUT2D eigenvalue weighted by atomic mass is 35.5. The van der Waals surface area contributed by atoms with Crippen molar-refractivity contribution >= 4 is 23.2 Å². The standard InChI is InChI=1S/C12H16Cl2O/c1-8(15)7-12(2,3)10-6-9(13)4-5-11(10)14/h4-6,8,15H,7H2,1-3H3. The topological polar surface area (TPSA) is 20.2 Å². The third kappa shape index (κ3) is 3.37. The number of halogens is 2.